The summed E-state index contributed by atoms with van der Waals surface area (Å²) in [5, 5.41) is 2.35. The van der Waals surface area contributed by atoms with Gasteiger partial charge in [0.2, 0.25) is 5.91 Å². The lowest BCUT2D eigenvalue weighted by atomic mass is 10.1. The van der Waals surface area contributed by atoms with Crippen LogP contribution in [0.2, 0.25) is 0 Å². The lowest BCUT2D eigenvalue weighted by molar-refractivity contribution is -0.119. The lowest BCUT2D eigenvalue weighted by Crippen LogP contribution is -2.26. The normalized spacial score (nSPS) is 10.6. The molecule has 0 aromatic heterocycles. The standard InChI is InChI=1S/C7H17N.C3H8N2O.C2H6/c1-5-7(2)6-8(3)4;1-5-3(6)2-4;1-2/h7H,5-6H2,1-4H3;2,4H2,1H3,(H,5,6);1-2H3. The first-order valence-corrected chi connectivity index (χ1v) is 6.03. The first-order chi connectivity index (χ1) is 7.47. The van der Waals surface area contributed by atoms with Crippen molar-refractivity contribution in [2.75, 3.05) is 34.2 Å². The van der Waals surface area contributed by atoms with Crippen LogP contribution in [-0.2, 0) is 4.79 Å². The number of nitrogens with zero attached hydrogens (tertiary/aromatic N) is 1. The number of likely N-dealkylation sites (N-methyl/N-ethyl adjacent to an activating group) is 1. The number of nitrogens with one attached hydrogen (secondary N) is 1. The molecule has 0 rings (SSSR count). The van der Waals surface area contributed by atoms with Gasteiger partial charge in [-0.15, -0.1) is 0 Å². The molecule has 3 N–H and O–H groups in total. The van der Waals surface area contributed by atoms with Gasteiger partial charge in [0, 0.05) is 13.6 Å². The van der Waals surface area contributed by atoms with Crippen LogP contribution in [0.1, 0.15) is 34.1 Å². The Kier molecular flexibility index (Phi) is 21.8. The van der Waals surface area contributed by atoms with Crippen molar-refractivity contribution in [3.8, 4) is 0 Å². The van der Waals surface area contributed by atoms with Crippen molar-refractivity contribution in [3.05, 3.63) is 0 Å². The van der Waals surface area contributed by atoms with Gasteiger partial charge >= 0.3 is 0 Å². The summed E-state index contributed by atoms with van der Waals surface area (Å²) >= 11 is 0. The summed E-state index contributed by atoms with van der Waals surface area (Å²) in [4.78, 5) is 12.2. The smallest absolute Gasteiger partial charge is 0.233 e. The molecule has 0 aromatic carbocycles. The van der Waals surface area contributed by atoms with Gasteiger partial charge in [-0.3, -0.25) is 4.79 Å². The van der Waals surface area contributed by atoms with Gasteiger partial charge < -0.3 is 16.0 Å². The number of rotatable bonds is 4. The molecule has 4 nitrogen and oxygen atoms in total. The molecule has 0 aliphatic carbocycles. The highest BCUT2D eigenvalue weighted by molar-refractivity contribution is 5.77. The minimum absolute atomic E-state index is 0.0799. The highest BCUT2D eigenvalue weighted by Crippen LogP contribution is 1.99. The molecule has 0 spiro atoms. The van der Waals surface area contributed by atoms with E-state index in [4.69, 9.17) is 5.73 Å². The summed E-state index contributed by atoms with van der Waals surface area (Å²) in [7, 11) is 5.79. The Labute approximate surface area is 102 Å². The molecule has 0 saturated carbocycles. The van der Waals surface area contributed by atoms with E-state index in [1.165, 1.54) is 13.0 Å². The van der Waals surface area contributed by atoms with E-state index in [1.807, 2.05) is 13.8 Å². The molecule has 4 heteroatoms. The summed E-state index contributed by atoms with van der Waals surface area (Å²) in [5.41, 5.74) is 4.87. The number of carbonyl (C=O) groups excluding carboxylic acids is 1. The first-order valence-electron chi connectivity index (χ1n) is 6.03. The monoisotopic (exact) mass is 233 g/mol. The van der Waals surface area contributed by atoms with E-state index in [0.29, 0.717) is 0 Å². The predicted molar refractivity (Wildman–Crippen MR) is 72.5 cm³/mol. The van der Waals surface area contributed by atoms with E-state index in [0.717, 1.165) is 5.92 Å². The maximum Gasteiger partial charge on any atom is 0.233 e. The molecule has 0 heterocycles. The zero-order chi connectivity index (χ0) is 13.6. The van der Waals surface area contributed by atoms with E-state index in [1.54, 1.807) is 7.05 Å². The SMILES string of the molecule is CC.CCC(C)CN(C)C.CNC(=O)CN. The second-order valence-electron chi connectivity index (χ2n) is 3.65. The van der Waals surface area contributed by atoms with E-state index in [-0.39, 0.29) is 12.5 Å². The molecule has 1 unspecified atom stereocenters. The minimum Gasteiger partial charge on any atom is -0.358 e. The molecule has 0 aliphatic rings. The highest BCUT2D eigenvalue weighted by Gasteiger charge is 1.97. The number of hydrogen-bond donors (Lipinski definition) is 2. The molecule has 0 saturated heterocycles. The molecule has 16 heavy (non-hydrogen) atoms. The van der Waals surface area contributed by atoms with Crippen molar-refractivity contribution in [1.82, 2.24) is 10.2 Å². The Balaban J connectivity index is -0.000000188. The van der Waals surface area contributed by atoms with Crippen LogP contribution < -0.4 is 11.1 Å². The number of nitrogens with two attached hydrogens (primary N) is 1. The van der Waals surface area contributed by atoms with Gasteiger partial charge in [0.1, 0.15) is 0 Å². The quantitative estimate of drug-likeness (QED) is 0.770. The average Bonchev–Trinajstić information content (AvgIpc) is 2.30. The summed E-state index contributed by atoms with van der Waals surface area (Å²) in [6, 6.07) is 0. The summed E-state index contributed by atoms with van der Waals surface area (Å²) in [5.74, 6) is 0.722. The van der Waals surface area contributed by atoms with Crippen LogP contribution in [0.15, 0.2) is 0 Å². The van der Waals surface area contributed by atoms with Crippen LogP contribution in [0.25, 0.3) is 0 Å². The maximum absolute atomic E-state index is 9.94. The fourth-order valence-corrected chi connectivity index (χ4v) is 0.855. The van der Waals surface area contributed by atoms with Crippen LogP contribution in [0.4, 0.5) is 0 Å². The fraction of sp³-hybridized carbons (Fsp3) is 0.917. The molecule has 0 aliphatic heterocycles. The fourth-order valence-electron chi connectivity index (χ4n) is 0.855. The van der Waals surface area contributed by atoms with Crippen LogP contribution in [-0.4, -0.2) is 45.0 Å². The molecule has 1 atom stereocenters. The van der Waals surface area contributed by atoms with Crippen LogP contribution in [0, 0.1) is 5.92 Å². The van der Waals surface area contributed by atoms with Gasteiger partial charge in [-0.2, -0.15) is 0 Å². The van der Waals surface area contributed by atoms with Crippen molar-refractivity contribution < 1.29 is 4.79 Å². The zero-order valence-electron chi connectivity index (χ0n) is 12.1. The topological polar surface area (TPSA) is 58.4 Å². The first kappa shape index (κ1) is 20.8. The van der Waals surface area contributed by atoms with E-state index < -0.39 is 0 Å². The average molecular weight is 233 g/mol. The van der Waals surface area contributed by atoms with Gasteiger partial charge in [0.15, 0.2) is 0 Å². The number of amides is 1. The van der Waals surface area contributed by atoms with Gasteiger partial charge in [0.05, 0.1) is 6.54 Å². The van der Waals surface area contributed by atoms with Crippen LogP contribution in [0.5, 0.6) is 0 Å². The van der Waals surface area contributed by atoms with Gasteiger partial charge in [-0.25, -0.2) is 0 Å². The summed E-state index contributed by atoms with van der Waals surface area (Å²) in [6.07, 6.45) is 1.29. The van der Waals surface area contributed by atoms with Crippen molar-refractivity contribution in [3.63, 3.8) is 0 Å². The Morgan fingerprint density at radius 1 is 1.38 bits per heavy atom. The third kappa shape index (κ3) is 23.3. The molecular weight excluding hydrogens is 202 g/mol. The highest BCUT2D eigenvalue weighted by atomic mass is 16.1. The predicted octanol–water partition coefficient (Wildman–Crippen LogP) is 1.31. The second kappa shape index (κ2) is 16.8. The van der Waals surface area contributed by atoms with E-state index in [9.17, 15) is 4.79 Å². The third-order valence-corrected chi connectivity index (χ3v) is 1.84. The van der Waals surface area contributed by atoms with Crippen molar-refractivity contribution in [2.24, 2.45) is 11.7 Å². The van der Waals surface area contributed by atoms with Crippen molar-refractivity contribution in [2.45, 2.75) is 34.1 Å². The van der Waals surface area contributed by atoms with Gasteiger partial charge in [-0.1, -0.05) is 34.1 Å². The molecule has 0 radical (unpaired) electrons. The van der Waals surface area contributed by atoms with Crippen LogP contribution in [0.3, 0.4) is 0 Å². The Morgan fingerprint density at radius 2 is 1.81 bits per heavy atom. The molecule has 0 fully saturated rings. The molecule has 100 valence electrons. The van der Waals surface area contributed by atoms with E-state index >= 15 is 0 Å². The minimum atomic E-state index is -0.130. The lowest BCUT2D eigenvalue weighted by Gasteiger charge is -2.13. The number of hydrogen-bond acceptors (Lipinski definition) is 3. The summed E-state index contributed by atoms with van der Waals surface area (Å²) in [6.45, 7) is 9.81. The largest absolute Gasteiger partial charge is 0.358 e. The number of carbonyl (C=O) groups is 1. The molecule has 1 amide bonds. The summed E-state index contributed by atoms with van der Waals surface area (Å²) < 4.78 is 0. The maximum atomic E-state index is 9.94. The van der Waals surface area contributed by atoms with Crippen molar-refractivity contribution >= 4 is 5.91 Å². The van der Waals surface area contributed by atoms with Crippen LogP contribution >= 0.6 is 0 Å². The Morgan fingerprint density at radius 3 is 1.88 bits per heavy atom. The second-order valence-corrected chi connectivity index (χ2v) is 3.65. The Bertz CT molecular complexity index is 132. The Hall–Kier alpha value is -0.610. The molecule has 0 aromatic rings. The molecule has 0 bridgehead atoms. The van der Waals surface area contributed by atoms with E-state index in [2.05, 4.69) is 38.2 Å². The van der Waals surface area contributed by atoms with Gasteiger partial charge in [-0.05, 0) is 20.0 Å². The zero-order valence-corrected chi connectivity index (χ0v) is 12.1. The van der Waals surface area contributed by atoms with Crippen molar-refractivity contribution in [1.29, 1.82) is 0 Å². The van der Waals surface area contributed by atoms with Gasteiger partial charge in [0.25, 0.3) is 0 Å². The third-order valence-electron chi connectivity index (χ3n) is 1.84. The molecular formula is C12H31N3O.